The zero-order valence-corrected chi connectivity index (χ0v) is 13.7. The number of aromatic amines is 1. The highest BCUT2D eigenvalue weighted by molar-refractivity contribution is 5.76. The molecule has 1 aliphatic carbocycles. The minimum atomic E-state index is -0.0708. The number of nitrogens with one attached hydrogen (secondary N) is 1. The molecule has 116 valence electrons. The van der Waals surface area contributed by atoms with Gasteiger partial charge in [-0.25, -0.2) is 0 Å². The smallest absolute Gasteiger partial charge is 0.295 e. The van der Waals surface area contributed by atoms with Gasteiger partial charge in [0, 0.05) is 63.8 Å². The lowest BCUT2D eigenvalue weighted by molar-refractivity contribution is -0.335. The van der Waals surface area contributed by atoms with Crippen molar-refractivity contribution in [1.82, 2.24) is 0 Å². The largest absolute Gasteiger partial charge is 1.00 e. The van der Waals surface area contributed by atoms with Gasteiger partial charge in [-0.3, -0.25) is 4.79 Å². The van der Waals surface area contributed by atoms with Gasteiger partial charge in [0.25, 0.3) is 11.1 Å². The third-order valence-corrected chi connectivity index (χ3v) is 3.53. The van der Waals surface area contributed by atoms with Crippen LogP contribution >= 0.6 is 0 Å². The predicted octanol–water partition coefficient (Wildman–Crippen LogP) is -1.15. The van der Waals surface area contributed by atoms with E-state index < -0.39 is 0 Å². The Kier molecular flexibility index (Phi) is 4.28. The maximum absolute atomic E-state index is 12.2. The number of anilines is 2. The van der Waals surface area contributed by atoms with Crippen molar-refractivity contribution in [2.24, 2.45) is 0 Å². The molecule has 0 saturated carbocycles. The lowest BCUT2D eigenvalue weighted by Gasteiger charge is -2.13. The summed E-state index contributed by atoms with van der Waals surface area (Å²) in [7, 11) is 7.75. The van der Waals surface area contributed by atoms with Crippen LogP contribution in [0.3, 0.4) is 0 Å². The molecule has 6 heteroatoms. The Bertz CT molecular complexity index is 843. The average molecular weight is 320 g/mol. The molecule has 1 aliphatic heterocycles. The summed E-state index contributed by atoms with van der Waals surface area (Å²) in [5, 5.41) is 0. The van der Waals surface area contributed by atoms with Crippen LogP contribution in [-0.2, 0) is 0 Å². The van der Waals surface area contributed by atoms with E-state index in [9.17, 15) is 4.79 Å². The van der Waals surface area contributed by atoms with Crippen LogP contribution in [0.5, 0.6) is 0 Å². The van der Waals surface area contributed by atoms with Crippen molar-refractivity contribution in [3.8, 4) is 11.5 Å². The number of halogens is 1. The Morgan fingerprint density at radius 1 is 0.955 bits per heavy atom. The number of hydrogen-bond acceptors (Lipinski definition) is 4. The van der Waals surface area contributed by atoms with E-state index in [1.54, 1.807) is 6.07 Å². The number of hydrogen-bond donors (Lipinski definition) is 0. The molecule has 1 N–H and O–H groups in total. The van der Waals surface area contributed by atoms with E-state index in [1.807, 2.05) is 62.3 Å². The quantitative estimate of drug-likeness (QED) is 0.560. The number of nitrogens with zero attached hydrogens (tertiary/aromatic N) is 2. The van der Waals surface area contributed by atoms with Crippen molar-refractivity contribution in [2.45, 2.75) is 0 Å². The van der Waals surface area contributed by atoms with Crippen molar-refractivity contribution < 1.29 is 21.8 Å². The van der Waals surface area contributed by atoms with Crippen LogP contribution in [0.15, 0.2) is 39.5 Å². The monoisotopic (exact) mass is 319 g/mol. The number of aromatic nitrogens is 1. The maximum Gasteiger partial charge on any atom is 0.295 e. The Hall–Kier alpha value is -2.27. The summed E-state index contributed by atoms with van der Waals surface area (Å²) >= 11 is 0. The van der Waals surface area contributed by atoms with Gasteiger partial charge in [0.2, 0.25) is 16.9 Å². The fourth-order valence-corrected chi connectivity index (χ4v) is 2.27. The molecule has 1 aromatic carbocycles. The molecule has 0 radical (unpaired) electrons. The molecule has 2 aliphatic rings. The topological polar surface area (TPSA) is 50.8 Å². The second-order valence-electron chi connectivity index (χ2n) is 5.51. The van der Waals surface area contributed by atoms with Crippen LogP contribution in [0, 0.1) is 0 Å². The first kappa shape index (κ1) is 16.1. The molecule has 0 spiro atoms. The van der Waals surface area contributed by atoms with Gasteiger partial charge >= 0.3 is 0 Å². The van der Waals surface area contributed by atoms with Gasteiger partial charge in [-0.2, -0.15) is 4.98 Å². The standard InChI is InChI=1S/C16H17N3O2.ClH/c1-18(2)10-5-6-12-14(8-10)21-15-9-11(19(3)4)7-13(20)16(15)17-12;/h5-9H,1-4H3;1H. The molecule has 0 atom stereocenters. The van der Waals surface area contributed by atoms with Gasteiger partial charge < -0.3 is 26.6 Å². The summed E-state index contributed by atoms with van der Waals surface area (Å²) < 4.78 is 5.92. The Morgan fingerprint density at radius 3 is 2.27 bits per heavy atom. The third-order valence-electron chi connectivity index (χ3n) is 3.53. The molecule has 1 heterocycles. The van der Waals surface area contributed by atoms with Crippen molar-refractivity contribution in [2.75, 3.05) is 38.0 Å². The van der Waals surface area contributed by atoms with E-state index in [0.29, 0.717) is 11.5 Å². The molecule has 0 unspecified atom stereocenters. The van der Waals surface area contributed by atoms with Crippen molar-refractivity contribution in [3.63, 3.8) is 0 Å². The van der Waals surface area contributed by atoms with Gasteiger partial charge in [0.1, 0.15) is 0 Å². The van der Waals surface area contributed by atoms with Crippen LogP contribution in [-0.4, -0.2) is 28.2 Å². The van der Waals surface area contributed by atoms with Crippen molar-refractivity contribution in [1.29, 1.82) is 0 Å². The zero-order chi connectivity index (χ0) is 15.1. The summed E-state index contributed by atoms with van der Waals surface area (Å²) in [5.41, 5.74) is 3.83. The highest BCUT2D eigenvalue weighted by atomic mass is 35.5. The van der Waals surface area contributed by atoms with E-state index in [0.717, 1.165) is 22.5 Å². The normalized spacial score (nSPS) is 10.5. The van der Waals surface area contributed by atoms with Gasteiger partial charge in [-0.1, -0.05) is 0 Å². The summed E-state index contributed by atoms with van der Waals surface area (Å²) in [6, 6.07) is 9.34. The van der Waals surface area contributed by atoms with Crippen LogP contribution in [0.25, 0.3) is 22.6 Å². The number of benzene rings is 2. The fourth-order valence-electron chi connectivity index (χ4n) is 2.27. The molecule has 5 nitrogen and oxygen atoms in total. The van der Waals surface area contributed by atoms with E-state index in [1.165, 1.54) is 0 Å². The van der Waals surface area contributed by atoms with Crippen molar-refractivity contribution >= 4 is 22.5 Å². The molecular formula is C16H18ClN3O2. The predicted molar refractivity (Wildman–Crippen MR) is 84.3 cm³/mol. The second-order valence-corrected chi connectivity index (χ2v) is 5.51. The van der Waals surface area contributed by atoms with E-state index in [2.05, 4.69) is 4.98 Å². The second kappa shape index (κ2) is 5.85. The van der Waals surface area contributed by atoms with Crippen LogP contribution in [0.1, 0.15) is 0 Å². The fraction of sp³-hybridized carbons (Fsp3) is 0.250. The summed E-state index contributed by atoms with van der Waals surface area (Å²) in [6.07, 6.45) is 0. The van der Waals surface area contributed by atoms with Gasteiger partial charge in [0.05, 0.1) is 0 Å². The van der Waals surface area contributed by atoms with E-state index in [4.69, 9.17) is 4.42 Å². The minimum absolute atomic E-state index is 0. The highest BCUT2D eigenvalue weighted by Gasteiger charge is 2.21. The number of fused-ring (bicyclic) bond motifs is 2. The van der Waals surface area contributed by atoms with Gasteiger partial charge in [-0.15, -0.1) is 0 Å². The minimum Gasteiger partial charge on any atom is -1.00 e. The molecule has 22 heavy (non-hydrogen) atoms. The number of rotatable bonds is 2. The Labute approximate surface area is 134 Å². The van der Waals surface area contributed by atoms with Crippen LogP contribution in [0.2, 0.25) is 0 Å². The molecule has 3 rings (SSSR count). The first-order chi connectivity index (χ1) is 9.95. The van der Waals surface area contributed by atoms with E-state index >= 15 is 0 Å². The molecule has 0 fully saturated rings. The Morgan fingerprint density at radius 2 is 1.64 bits per heavy atom. The third kappa shape index (κ3) is 2.72. The molecular weight excluding hydrogens is 302 g/mol. The molecule has 0 aromatic heterocycles. The lowest BCUT2D eigenvalue weighted by Crippen LogP contribution is -3.00. The lowest BCUT2D eigenvalue weighted by atomic mass is 10.2. The average Bonchev–Trinajstić information content (AvgIpc) is 2.44. The van der Waals surface area contributed by atoms with Crippen LogP contribution in [0.4, 0.5) is 11.4 Å². The van der Waals surface area contributed by atoms with E-state index in [-0.39, 0.29) is 17.8 Å². The first-order valence-electron chi connectivity index (χ1n) is 6.74. The first-order valence-corrected chi connectivity index (χ1v) is 6.74. The number of H-pyrrole nitrogens is 1. The summed E-state index contributed by atoms with van der Waals surface area (Å²) in [6.45, 7) is 0. The molecule has 0 saturated heterocycles. The van der Waals surface area contributed by atoms with Crippen LogP contribution < -0.4 is 32.6 Å². The summed E-state index contributed by atoms with van der Waals surface area (Å²) in [5.74, 6) is 0.564. The van der Waals surface area contributed by atoms with Gasteiger partial charge in [0.15, 0.2) is 0 Å². The SMILES string of the molecule is CN(C)c1cc2oc3cc(N(C)C)ccc3[nH+]c-2c(=O)c1.[Cl-]. The highest BCUT2D eigenvalue weighted by Crippen LogP contribution is 2.25. The maximum atomic E-state index is 12.2. The summed E-state index contributed by atoms with van der Waals surface area (Å²) in [4.78, 5) is 19.3. The molecule has 0 bridgehead atoms. The zero-order valence-electron chi connectivity index (χ0n) is 13.0. The molecule has 1 aromatic rings. The van der Waals surface area contributed by atoms with Crippen molar-refractivity contribution in [3.05, 3.63) is 40.6 Å². The Balaban J connectivity index is 0.00000176. The van der Waals surface area contributed by atoms with Gasteiger partial charge in [-0.05, 0) is 6.07 Å². The molecule has 0 amide bonds.